The minimum atomic E-state index is -0.953. The summed E-state index contributed by atoms with van der Waals surface area (Å²) in [6.07, 6.45) is 1.47. The maximum atomic E-state index is 17.0. The molecule has 0 bridgehead atoms. The first kappa shape index (κ1) is 28.9. The van der Waals surface area contributed by atoms with Crippen LogP contribution in [0, 0.1) is 23.0 Å². The first-order valence-corrected chi connectivity index (χ1v) is 16.1. The van der Waals surface area contributed by atoms with Crippen LogP contribution in [-0.4, -0.2) is 76.7 Å². The summed E-state index contributed by atoms with van der Waals surface area (Å²) in [5.41, 5.74) is 5.51. The van der Waals surface area contributed by atoms with Gasteiger partial charge in [0, 0.05) is 42.9 Å². The SMILES string of the molecule is N#Cc1c(N)sc2c(F)ccc(-c3c(Cl)c4c5c(nc(OC[C@@]67CCCN6C[C@H](F)C7)nc5c3F)N3C[C@H](O)C[C@@H]3CCO4)c12. The number of nitrogens with zero attached hydrogens (tertiary/aromatic N) is 5. The second-order valence-electron chi connectivity index (χ2n) is 12.3. The largest absolute Gasteiger partial charge is 0.491 e. The highest BCUT2D eigenvalue weighted by Crippen LogP contribution is 2.51. The van der Waals surface area contributed by atoms with Crippen molar-refractivity contribution in [3.05, 3.63) is 34.4 Å². The zero-order valence-electron chi connectivity index (χ0n) is 24.0. The first-order chi connectivity index (χ1) is 21.7. The third kappa shape index (κ3) is 4.33. The molecule has 4 atom stereocenters. The zero-order chi connectivity index (χ0) is 31.2. The fourth-order valence-corrected chi connectivity index (χ4v) is 9.04. The van der Waals surface area contributed by atoms with E-state index in [0.717, 1.165) is 30.7 Å². The fraction of sp³-hybridized carbons (Fsp3) is 0.452. The summed E-state index contributed by atoms with van der Waals surface area (Å²) in [5.74, 6) is -0.979. The Hall–Kier alpha value is -3.57. The lowest BCUT2D eigenvalue weighted by atomic mass is 9.95. The van der Waals surface area contributed by atoms with E-state index >= 15 is 4.39 Å². The number of alkyl halides is 1. The van der Waals surface area contributed by atoms with Gasteiger partial charge in [-0.25, -0.2) is 13.2 Å². The Morgan fingerprint density at radius 1 is 1.27 bits per heavy atom. The third-order valence-electron chi connectivity index (χ3n) is 9.73. The number of nitrogens with two attached hydrogens (primary N) is 1. The van der Waals surface area contributed by atoms with Crippen LogP contribution in [0.1, 0.15) is 37.7 Å². The molecule has 0 unspecified atom stereocenters. The topological polar surface area (TPSA) is 121 Å². The lowest BCUT2D eigenvalue weighted by Crippen LogP contribution is -2.43. The molecule has 234 valence electrons. The predicted molar refractivity (Wildman–Crippen MR) is 165 cm³/mol. The molecule has 2 aromatic heterocycles. The molecule has 3 fully saturated rings. The second-order valence-corrected chi connectivity index (χ2v) is 13.8. The number of aromatic nitrogens is 2. The highest BCUT2D eigenvalue weighted by molar-refractivity contribution is 7.23. The number of anilines is 2. The van der Waals surface area contributed by atoms with Crippen LogP contribution >= 0.6 is 22.9 Å². The van der Waals surface area contributed by atoms with Crippen LogP contribution in [0.3, 0.4) is 0 Å². The fourth-order valence-electron chi connectivity index (χ4n) is 7.76. The maximum absolute atomic E-state index is 17.0. The molecule has 4 aromatic rings. The molecular formula is C31H28ClF3N6O3S. The number of hydrogen-bond acceptors (Lipinski definition) is 10. The molecule has 4 aliphatic rings. The van der Waals surface area contributed by atoms with Gasteiger partial charge in [-0.1, -0.05) is 17.7 Å². The first-order valence-electron chi connectivity index (χ1n) is 14.9. The summed E-state index contributed by atoms with van der Waals surface area (Å²) < 4.78 is 58.9. The molecule has 0 aliphatic carbocycles. The van der Waals surface area contributed by atoms with Crippen LogP contribution in [0.15, 0.2) is 12.1 Å². The number of fused-ring (bicyclic) bond motifs is 4. The smallest absolute Gasteiger partial charge is 0.319 e. The average Bonchev–Trinajstić information content (AvgIpc) is 3.74. The van der Waals surface area contributed by atoms with E-state index in [2.05, 4.69) is 9.88 Å². The lowest BCUT2D eigenvalue weighted by Gasteiger charge is -2.32. The van der Waals surface area contributed by atoms with Gasteiger partial charge in [-0.05, 0) is 37.4 Å². The minimum Gasteiger partial charge on any atom is -0.491 e. The van der Waals surface area contributed by atoms with Crippen LogP contribution in [0.4, 0.5) is 24.0 Å². The number of nitrogen functional groups attached to an aromatic ring is 1. The van der Waals surface area contributed by atoms with Crippen molar-refractivity contribution in [1.29, 1.82) is 5.26 Å². The van der Waals surface area contributed by atoms with E-state index in [1.807, 2.05) is 11.0 Å². The normalized spacial score (nSPS) is 26.0. The number of nitriles is 1. The van der Waals surface area contributed by atoms with Gasteiger partial charge in [-0.3, -0.25) is 4.90 Å². The summed E-state index contributed by atoms with van der Waals surface area (Å²) in [6, 6.07) is 4.34. The molecular weight excluding hydrogens is 629 g/mol. The van der Waals surface area contributed by atoms with Gasteiger partial charge in [-0.15, -0.1) is 11.3 Å². The van der Waals surface area contributed by atoms with Crippen molar-refractivity contribution in [2.45, 2.75) is 56.0 Å². The van der Waals surface area contributed by atoms with Gasteiger partial charge in [0.1, 0.15) is 41.0 Å². The number of aliphatic hydroxyl groups is 1. The van der Waals surface area contributed by atoms with Crippen LogP contribution in [-0.2, 0) is 0 Å². The van der Waals surface area contributed by atoms with Crippen molar-refractivity contribution in [2.75, 3.05) is 43.5 Å². The van der Waals surface area contributed by atoms with Gasteiger partial charge in [0.15, 0.2) is 11.6 Å². The van der Waals surface area contributed by atoms with Gasteiger partial charge in [0.2, 0.25) is 0 Å². The molecule has 45 heavy (non-hydrogen) atoms. The number of hydrogen-bond donors (Lipinski definition) is 2. The quantitative estimate of drug-likeness (QED) is 0.290. The van der Waals surface area contributed by atoms with E-state index in [9.17, 15) is 19.1 Å². The van der Waals surface area contributed by atoms with Crippen LogP contribution in [0.5, 0.6) is 11.8 Å². The van der Waals surface area contributed by atoms with Gasteiger partial charge >= 0.3 is 6.01 Å². The number of halogens is 4. The number of ether oxygens (including phenoxy) is 2. The van der Waals surface area contributed by atoms with E-state index in [1.165, 1.54) is 12.1 Å². The summed E-state index contributed by atoms with van der Waals surface area (Å²) in [6.45, 7) is 1.75. The maximum Gasteiger partial charge on any atom is 0.319 e. The molecule has 4 aliphatic heterocycles. The molecule has 14 heteroatoms. The van der Waals surface area contributed by atoms with Crippen molar-refractivity contribution in [1.82, 2.24) is 14.9 Å². The van der Waals surface area contributed by atoms with E-state index in [4.69, 9.17) is 31.8 Å². The predicted octanol–water partition coefficient (Wildman–Crippen LogP) is 5.57. The number of aliphatic hydroxyl groups excluding tert-OH is 1. The Morgan fingerprint density at radius 2 is 2.11 bits per heavy atom. The van der Waals surface area contributed by atoms with Gasteiger partial charge in [0.25, 0.3) is 0 Å². The lowest BCUT2D eigenvalue weighted by molar-refractivity contribution is 0.107. The van der Waals surface area contributed by atoms with E-state index < -0.39 is 29.4 Å². The molecule has 3 N–H and O–H groups in total. The highest BCUT2D eigenvalue weighted by Gasteiger charge is 2.49. The summed E-state index contributed by atoms with van der Waals surface area (Å²) in [7, 11) is 0. The Labute approximate surface area is 264 Å². The Morgan fingerprint density at radius 3 is 2.93 bits per heavy atom. The van der Waals surface area contributed by atoms with Crippen LogP contribution in [0.25, 0.3) is 32.1 Å². The van der Waals surface area contributed by atoms with Crippen molar-refractivity contribution >= 4 is 54.7 Å². The molecule has 0 spiro atoms. The summed E-state index contributed by atoms with van der Waals surface area (Å²) >= 11 is 7.87. The van der Waals surface area contributed by atoms with Crippen molar-refractivity contribution in [3.8, 4) is 29.0 Å². The number of rotatable bonds is 4. The molecule has 3 saturated heterocycles. The van der Waals surface area contributed by atoms with E-state index in [0.29, 0.717) is 31.6 Å². The van der Waals surface area contributed by atoms with Gasteiger partial charge in [-0.2, -0.15) is 15.2 Å². The zero-order valence-corrected chi connectivity index (χ0v) is 25.5. The summed E-state index contributed by atoms with van der Waals surface area (Å²) in [5, 5.41) is 20.9. The second kappa shape index (κ2) is 10.5. The number of thiophene rings is 1. The van der Waals surface area contributed by atoms with Crippen LogP contribution < -0.4 is 20.1 Å². The summed E-state index contributed by atoms with van der Waals surface area (Å²) in [4.78, 5) is 13.3. The Kier molecular flexibility index (Phi) is 6.73. The van der Waals surface area contributed by atoms with Crippen molar-refractivity contribution in [2.24, 2.45) is 0 Å². The van der Waals surface area contributed by atoms with Crippen molar-refractivity contribution < 1.29 is 27.8 Å². The van der Waals surface area contributed by atoms with E-state index in [-0.39, 0.29) is 85.3 Å². The Balaban J connectivity index is 1.36. The van der Waals surface area contributed by atoms with Crippen molar-refractivity contribution in [3.63, 3.8) is 0 Å². The van der Waals surface area contributed by atoms with E-state index in [1.54, 1.807) is 0 Å². The molecule has 0 radical (unpaired) electrons. The molecule has 9 nitrogen and oxygen atoms in total. The van der Waals surface area contributed by atoms with Crippen LogP contribution in [0.2, 0.25) is 5.02 Å². The molecule has 0 amide bonds. The molecule has 2 aromatic carbocycles. The molecule has 6 heterocycles. The molecule has 8 rings (SSSR count). The Bertz CT molecular complexity index is 1940. The average molecular weight is 657 g/mol. The number of benzene rings is 2. The molecule has 0 saturated carbocycles. The van der Waals surface area contributed by atoms with Gasteiger partial charge in [0.05, 0.1) is 38.9 Å². The van der Waals surface area contributed by atoms with Gasteiger partial charge < -0.3 is 25.2 Å². The standard InChI is InChI=1S/C31H28ClF3N6O3S/c32-23-21(17-2-3-19(34)27-20(17)18(10-36)28(37)45-27)24(35)25-22-26(23)43-7-4-15-8-16(42)12-41(15)29(22)39-30(38-25)44-13-31-5-1-6-40(31)11-14(33)9-31/h2-3,14-16,42H,1,4-9,11-13,37H2/t14-,15+,16-,31+/m1/s1. The minimum absolute atomic E-state index is 0.0213. The highest BCUT2D eigenvalue weighted by atomic mass is 35.5. The monoisotopic (exact) mass is 656 g/mol. The third-order valence-corrected chi connectivity index (χ3v) is 11.1.